The average molecular weight is 389 g/mol. The molecule has 0 aliphatic carbocycles. The van der Waals surface area contributed by atoms with Crippen molar-refractivity contribution in [1.29, 1.82) is 0 Å². The highest BCUT2D eigenvalue weighted by molar-refractivity contribution is 7.99. The Bertz CT molecular complexity index is 742. The monoisotopic (exact) mass is 388 g/mol. The standard InChI is InChI=1S/C21H25ClN2OS/c1-16(15-21(2,3)17-7-5-4-6-8-17)23-24-20(25)13-14-26-19-11-9-18(22)10-12-19/h4-12H,13-15H2,1-3H3,(H,24,25)/b23-16+. The molecule has 0 aliphatic rings. The zero-order valence-corrected chi connectivity index (χ0v) is 17.0. The number of carbonyl (C=O) groups is 1. The van der Waals surface area contributed by atoms with Crippen LogP contribution in [0.4, 0.5) is 0 Å². The molecule has 138 valence electrons. The van der Waals surface area contributed by atoms with E-state index in [4.69, 9.17) is 11.6 Å². The van der Waals surface area contributed by atoms with E-state index in [1.807, 2.05) is 49.4 Å². The molecule has 3 nitrogen and oxygen atoms in total. The zero-order valence-electron chi connectivity index (χ0n) is 15.5. The molecular formula is C21H25ClN2OS. The van der Waals surface area contributed by atoms with E-state index < -0.39 is 0 Å². The van der Waals surface area contributed by atoms with Crippen LogP contribution in [0.5, 0.6) is 0 Å². The molecule has 0 atom stereocenters. The number of benzene rings is 2. The maximum absolute atomic E-state index is 12.0. The third-order valence-corrected chi connectivity index (χ3v) is 5.30. The Balaban J connectivity index is 1.77. The molecule has 26 heavy (non-hydrogen) atoms. The van der Waals surface area contributed by atoms with Crippen molar-refractivity contribution in [2.75, 3.05) is 5.75 Å². The van der Waals surface area contributed by atoms with Crippen LogP contribution in [0.2, 0.25) is 5.02 Å². The summed E-state index contributed by atoms with van der Waals surface area (Å²) in [6.45, 7) is 6.32. The van der Waals surface area contributed by atoms with Crippen LogP contribution in [0.25, 0.3) is 0 Å². The molecule has 2 rings (SSSR count). The van der Waals surface area contributed by atoms with Crippen molar-refractivity contribution in [1.82, 2.24) is 5.43 Å². The van der Waals surface area contributed by atoms with Gasteiger partial charge < -0.3 is 0 Å². The van der Waals surface area contributed by atoms with Crippen molar-refractivity contribution >= 4 is 35.0 Å². The van der Waals surface area contributed by atoms with E-state index in [0.717, 1.165) is 22.1 Å². The number of halogens is 1. The van der Waals surface area contributed by atoms with Gasteiger partial charge in [-0.25, -0.2) is 5.43 Å². The SMILES string of the molecule is C/C(CC(C)(C)c1ccccc1)=N\NC(=O)CCSc1ccc(Cl)cc1. The summed E-state index contributed by atoms with van der Waals surface area (Å²) in [7, 11) is 0. The number of hydrogen-bond donors (Lipinski definition) is 1. The molecule has 0 saturated carbocycles. The van der Waals surface area contributed by atoms with Gasteiger partial charge in [0.2, 0.25) is 5.91 Å². The molecule has 0 aromatic heterocycles. The molecule has 0 bridgehead atoms. The summed E-state index contributed by atoms with van der Waals surface area (Å²) >= 11 is 7.49. The molecule has 5 heteroatoms. The molecule has 0 heterocycles. The van der Waals surface area contributed by atoms with Crippen LogP contribution < -0.4 is 5.43 Å². The summed E-state index contributed by atoms with van der Waals surface area (Å²) in [5.41, 5.74) is 4.82. The van der Waals surface area contributed by atoms with Gasteiger partial charge in [0.25, 0.3) is 0 Å². The van der Waals surface area contributed by atoms with Gasteiger partial charge in [-0.3, -0.25) is 4.79 Å². The maximum atomic E-state index is 12.0. The maximum Gasteiger partial charge on any atom is 0.240 e. The van der Waals surface area contributed by atoms with Gasteiger partial charge in [0, 0.05) is 27.8 Å². The average Bonchev–Trinajstić information content (AvgIpc) is 2.62. The van der Waals surface area contributed by atoms with Gasteiger partial charge in [-0.2, -0.15) is 5.10 Å². The van der Waals surface area contributed by atoms with Crippen LogP contribution in [0.1, 0.15) is 39.2 Å². The molecule has 0 aliphatic heterocycles. The molecule has 1 amide bonds. The topological polar surface area (TPSA) is 41.5 Å². The van der Waals surface area contributed by atoms with E-state index in [9.17, 15) is 4.79 Å². The van der Waals surface area contributed by atoms with Crippen molar-refractivity contribution in [2.24, 2.45) is 5.10 Å². The number of amides is 1. The second kappa shape index (κ2) is 9.79. The minimum atomic E-state index is -0.0664. The summed E-state index contributed by atoms with van der Waals surface area (Å²) in [6.07, 6.45) is 1.21. The Kier molecular flexibility index (Phi) is 7.73. The van der Waals surface area contributed by atoms with Crippen LogP contribution in [-0.2, 0) is 10.2 Å². The third-order valence-electron chi connectivity index (χ3n) is 4.04. The number of carbonyl (C=O) groups excluding carboxylic acids is 1. The number of hydrogen-bond acceptors (Lipinski definition) is 3. The first-order chi connectivity index (χ1) is 12.4. The van der Waals surface area contributed by atoms with Crippen LogP contribution in [0.15, 0.2) is 64.6 Å². The lowest BCUT2D eigenvalue weighted by Crippen LogP contribution is -2.24. The van der Waals surface area contributed by atoms with Gasteiger partial charge in [0.15, 0.2) is 0 Å². The van der Waals surface area contributed by atoms with Crippen molar-refractivity contribution < 1.29 is 4.79 Å². The molecule has 0 saturated heterocycles. The molecule has 0 spiro atoms. The zero-order chi connectivity index (χ0) is 19.0. The van der Waals surface area contributed by atoms with E-state index in [1.165, 1.54) is 5.56 Å². The van der Waals surface area contributed by atoms with Gasteiger partial charge >= 0.3 is 0 Å². The lowest BCUT2D eigenvalue weighted by atomic mass is 9.80. The third kappa shape index (κ3) is 6.85. The molecule has 1 N–H and O–H groups in total. The first-order valence-corrected chi connectivity index (χ1v) is 9.99. The summed E-state index contributed by atoms with van der Waals surface area (Å²) in [4.78, 5) is 13.1. The van der Waals surface area contributed by atoms with Crippen molar-refractivity contribution in [3.63, 3.8) is 0 Å². The normalized spacial score (nSPS) is 12.1. The van der Waals surface area contributed by atoms with E-state index in [2.05, 4.69) is 36.5 Å². The fourth-order valence-electron chi connectivity index (χ4n) is 2.68. The Labute approximate surface area is 165 Å². The van der Waals surface area contributed by atoms with Gasteiger partial charge in [0.1, 0.15) is 0 Å². The number of thioether (sulfide) groups is 1. The summed E-state index contributed by atoms with van der Waals surface area (Å²) < 4.78 is 0. The van der Waals surface area contributed by atoms with E-state index >= 15 is 0 Å². The predicted molar refractivity (Wildman–Crippen MR) is 112 cm³/mol. The van der Waals surface area contributed by atoms with Crippen LogP contribution in [0.3, 0.4) is 0 Å². The Morgan fingerprint density at radius 3 is 2.42 bits per heavy atom. The summed E-state index contributed by atoms with van der Waals surface area (Å²) in [5.74, 6) is 0.640. The van der Waals surface area contributed by atoms with Crippen LogP contribution in [-0.4, -0.2) is 17.4 Å². The number of hydrazone groups is 1. The van der Waals surface area contributed by atoms with Crippen molar-refractivity contribution in [2.45, 2.75) is 43.9 Å². The first kappa shape index (κ1) is 20.5. The molecule has 0 radical (unpaired) electrons. The lowest BCUT2D eigenvalue weighted by Gasteiger charge is -2.25. The molecule has 2 aromatic carbocycles. The van der Waals surface area contributed by atoms with Gasteiger partial charge in [0.05, 0.1) is 0 Å². The second-order valence-corrected chi connectivity index (χ2v) is 8.47. The fourth-order valence-corrected chi connectivity index (χ4v) is 3.65. The molecule has 0 fully saturated rings. The number of nitrogens with one attached hydrogen (secondary N) is 1. The summed E-state index contributed by atoms with van der Waals surface area (Å²) in [5, 5.41) is 4.98. The van der Waals surface area contributed by atoms with E-state index in [-0.39, 0.29) is 11.3 Å². The minimum absolute atomic E-state index is 0.0238. The van der Waals surface area contributed by atoms with E-state index in [1.54, 1.807) is 11.8 Å². The predicted octanol–water partition coefficient (Wildman–Crippen LogP) is 5.68. The highest BCUT2D eigenvalue weighted by Gasteiger charge is 2.21. The Morgan fingerprint density at radius 1 is 1.12 bits per heavy atom. The van der Waals surface area contributed by atoms with E-state index in [0.29, 0.717) is 12.2 Å². The lowest BCUT2D eigenvalue weighted by molar-refractivity contribution is -0.120. The molecule has 0 unspecified atom stereocenters. The van der Waals surface area contributed by atoms with Gasteiger partial charge in [-0.05, 0) is 48.6 Å². The van der Waals surface area contributed by atoms with Gasteiger partial charge in [-0.15, -0.1) is 11.8 Å². The highest BCUT2D eigenvalue weighted by Crippen LogP contribution is 2.27. The Morgan fingerprint density at radius 2 is 1.77 bits per heavy atom. The van der Waals surface area contributed by atoms with Crippen LogP contribution in [0, 0.1) is 0 Å². The largest absolute Gasteiger partial charge is 0.273 e. The van der Waals surface area contributed by atoms with Crippen molar-refractivity contribution in [3.05, 3.63) is 65.2 Å². The first-order valence-electron chi connectivity index (χ1n) is 8.63. The summed E-state index contributed by atoms with van der Waals surface area (Å²) in [6, 6.07) is 18.0. The quantitative estimate of drug-likeness (QED) is 0.359. The smallest absolute Gasteiger partial charge is 0.240 e. The Hall–Kier alpha value is -1.78. The van der Waals surface area contributed by atoms with Gasteiger partial charge in [-0.1, -0.05) is 55.8 Å². The molecular weight excluding hydrogens is 364 g/mol. The van der Waals surface area contributed by atoms with Crippen LogP contribution >= 0.6 is 23.4 Å². The highest BCUT2D eigenvalue weighted by atomic mass is 35.5. The second-order valence-electron chi connectivity index (χ2n) is 6.86. The van der Waals surface area contributed by atoms with Crippen molar-refractivity contribution in [3.8, 4) is 0 Å². The minimum Gasteiger partial charge on any atom is -0.273 e. The fraction of sp³-hybridized carbons (Fsp3) is 0.333. The number of rotatable bonds is 8. The number of nitrogens with zero attached hydrogens (tertiary/aromatic N) is 1. The molecule has 2 aromatic rings.